The summed E-state index contributed by atoms with van der Waals surface area (Å²) in [6.45, 7) is 12.1. The van der Waals surface area contributed by atoms with Crippen LogP contribution in [0.2, 0.25) is 0 Å². The first-order valence-corrected chi connectivity index (χ1v) is 8.91. The van der Waals surface area contributed by atoms with Crippen molar-refractivity contribution in [3.63, 3.8) is 0 Å². The lowest BCUT2D eigenvalue weighted by Gasteiger charge is -2.50. The highest BCUT2D eigenvalue weighted by molar-refractivity contribution is 8.31. The summed E-state index contributed by atoms with van der Waals surface area (Å²) in [5.74, 6) is 0. The molecule has 0 saturated heterocycles. The van der Waals surface area contributed by atoms with E-state index in [9.17, 15) is 0 Å². The van der Waals surface area contributed by atoms with Crippen LogP contribution in [0, 0.1) is 0 Å². The molecule has 2 aromatic rings. The van der Waals surface area contributed by atoms with Gasteiger partial charge in [0.2, 0.25) is 0 Å². The molecule has 0 spiro atoms. The molecule has 2 nitrogen and oxygen atoms in total. The number of halogens is 1. The van der Waals surface area contributed by atoms with Gasteiger partial charge in [-0.15, -0.1) is 0 Å². The quantitative estimate of drug-likeness (QED) is 0.678. The van der Waals surface area contributed by atoms with Crippen molar-refractivity contribution in [1.82, 2.24) is 4.57 Å². The molecule has 0 aliphatic carbocycles. The zero-order chi connectivity index (χ0) is 16.2. The van der Waals surface area contributed by atoms with Crippen LogP contribution < -0.4 is 4.57 Å². The minimum absolute atomic E-state index is 0.411. The average molecular weight is 311 g/mol. The molecule has 0 aliphatic heterocycles. The predicted octanol–water partition coefficient (Wildman–Crippen LogP) is 4.65. The van der Waals surface area contributed by atoms with Crippen molar-refractivity contribution < 1.29 is 8.45 Å². The van der Waals surface area contributed by atoms with Crippen LogP contribution in [0.15, 0.2) is 29.4 Å². The number of fused-ring (bicyclic) bond motifs is 1. The number of hydrogen-bond acceptors (Lipinski definition) is 0. The van der Waals surface area contributed by atoms with Gasteiger partial charge in [0, 0.05) is 15.6 Å². The van der Waals surface area contributed by atoms with Gasteiger partial charge >= 0.3 is 0 Å². The van der Waals surface area contributed by atoms with Gasteiger partial charge in [-0.25, -0.2) is 9.13 Å². The van der Waals surface area contributed by atoms with Crippen molar-refractivity contribution in [3.05, 3.63) is 24.4 Å². The third kappa shape index (κ3) is 2.28. The molecule has 0 aliphatic rings. The van der Waals surface area contributed by atoms with Gasteiger partial charge in [-0.1, -0.05) is 0 Å². The van der Waals surface area contributed by atoms with Crippen LogP contribution in [0.4, 0.5) is 3.89 Å². The predicted molar refractivity (Wildman–Crippen MR) is 90.6 cm³/mol. The summed E-state index contributed by atoms with van der Waals surface area (Å²) in [6, 6.07) is 6.11. The number of aryl methyl sites for hydroxylation is 2. The minimum Gasteiger partial charge on any atom is -0.236 e. The lowest BCUT2D eigenvalue weighted by atomic mass is 10.2. The average Bonchev–Trinajstić information content (AvgIpc) is 2.64. The van der Waals surface area contributed by atoms with Crippen LogP contribution in [-0.2, 0) is 14.1 Å². The van der Waals surface area contributed by atoms with E-state index in [2.05, 4.69) is 10.6 Å². The fourth-order valence-electron chi connectivity index (χ4n) is 3.32. The van der Waals surface area contributed by atoms with Crippen LogP contribution in [0.5, 0.6) is 0 Å². The molecule has 0 fully saturated rings. The number of pyridine rings is 1. The van der Waals surface area contributed by atoms with E-state index in [4.69, 9.17) is 0 Å². The third-order valence-electron chi connectivity index (χ3n) is 4.08. The molecule has 0 bridgehead atoms. The Morgan fingerprint density at radius 2 is 1.62 bits per heavy atom. The highest BCUT2D eigenvalue weighted by atomic mass is 32.3. The third-order valence-corrected chi connectivity index (χ3v) is 8.42. The Balaban J connectivity index is 2.86. The van der Waals surface area contributed by atoms with Gasteiger partial charge in [0.25, 0.3) is 5.65 Å². The fraction of sp³-hybridized carbons (Fsp3) is 0.588. The topological polar surface area (TPSA) is 8.81 Å². The van der Waals surface area contributed by atoms with Gasteiger partial charge in [-0.2, -0.15) is 3.89 Å². The van der Waals surface area contributed by atoms with Crippen LogP contribution in [0.25, 0.3) is 11.0 Å². The van der Waals surface area contributed by atoms with Gasteiger partial charge in [0.15, 0.2) is 5.03 Å². The van der Waals surface area contributed by atoms with E-state index in [0.29, 0.717) is 0 Å². The molecule has 0 amide bonds. The molecule has 0 radical (unpaired) electrons. The maximum Gasteiger partial charge on any atom is 0.289 e. The number of rotatable bonds is 1. The molecule has 0 aromatic carbocycles. The van der Waals surface area contributed by atoms with Gasteiger partial charge in [-0.3, -0.25) is 0 Å². The van der Waals surface area contributed by atoms with Crippen LogP contribution >= 0.6 is 10.4 Å². The summed E-state index contributed by atoms with van der Waals surface area (Å²) in [5, 5.41) is 1.93. The first kappa shape index (κ1) is 16.3. The van der Waals surface area contributed by atoms with Gasteiger partial charge in [0.05, 0.1) is 25.7 Å². The molecule has 2 aromatic heterocycles. The van der Waals surface area contributed by atoms with E-state index < -0.39 is 19.9 Å². The van der Waals surface area contributed by atoms with Crippen LogP contribution in [0.3, 0.4) is 0 Å². The normalized spacial score (nSPS) is 14.7. The Morgan fingerprint density at radius 3 is 2.05 bits per heavy atom. The highest BCUT2D eigenvalue weighted by Gasteiger charge is 2.52. The summed E-state index contributed by atoms with van der Waals surface area (Å²) in [7, 11) is 1.48. The Kier molecular flexibility index (Phi) is 3.68. The Bertz CT molecular complexity index is 660. The van der Waals surface area contributed by atoms with Crippen molar-refractivity contribution >= 4 is 21.4 Å². The lowest BCUT2D eigenvalue weighted by Crippen LogP contribution is -2.37. The standard InChI is InChI=1S/C17H28FN2S/c1-16(2,3)21(18,17(4,5)6)14-12-13-10-9-11-19(7)15(13)20(14)8/h9-12H,1-8H3/q+1. The zero-order valence-electron chi connectivity index (χ0n) is 14.5. The molecule has 118 valence electrons. The fourth-order valence-corrected chi connectivity index (χ4v) is 7.16. The largest absolute Gasteiger partial charge is 0.289 e. The van der Waals surface area contributed by atoms with E-state index in [1.807, 2.05) is 78.5 Å². The monoisotopic (exact) mass is 311 g/mol. The van der Waals surface area contributed by atoms with Crippen molar-refractivity contribution in [1.29, 1.82) is 0 Å². The van der Waals surface area contributed by atoms with Crippen molar-refractivity contribution in [2.24, 2.45) is 14.1 Å². The molecule has 2 rings (SSSR count). The molecule has 0 N–H and O–H groups in total. The summed E-state index contributed by atoms with van der Waals surface area (Å²) < 4.78 is 19.7. The van der Waals surface area contributed by atoms with Gasteiger partial charge in [0.1, 0.15) is 0 Å². The minimum atomic E-state index is -2.51. The second kappa shape index (κ2) is 4.73. The van der Waals surface area contributed by atoms with E-state index in [1.54, 1.807) is 0 Å². The molecule has 4 heteroatoms. The maximum absolute atomic E-state index is 16.4. The van der Waals surface area contributed by atoms with Gasteiger partial charge < -0.3 is 0 Å². The summed E-state index contributed by atoms with van der Waals surface area (Å²) in [5.41, 5.74) is 1.07. The molecule has 0 atom stereocenters. The van der Waals surface area contributed by atoms with E-state index in [1.165, 1.54) is 0 Å². The Labute approximate surface area is 129 Å². The molecule has 0 saturated carbocycles. The van der Waals surface area contributed by atoms with Crippen molar-refractivity contribution in [2.75, 3.05) is 0 Å². The molecule has 2 heterocycles. The van der Waals surface area contributed by atoms with E-state index in [-0.39, 0.29) is 0 Å². The summed E-state index contributed by atoms with van der Waals surface area (Å²) in [6.07, 6.45) is 2.01. The van der Waals surface area contributed by atoms with Crippen molar-refractivity contribution in [3.8, 4) is 0 Å². The second-order valence-electron chi connectivity index (χ2n) is 7.70. The summed E-state index contributed by atoms with van der Waals surface area (Å²) >= 11 is 0. The van der Waals surface area contributed by atoms with Crippen LogP contribution in [0.1, 0.15) is 41.5 Å². The van der Waals surface area contributed by atoms with Gasteiger partial charge in [-0.05, 0) is 64.1 Å². The zero-order valence-corrected chi connectivity index (χ0v) is 15.3. The second-order valence-corrected chi connectivity index (χ2v) is 11.6. The van der Waals surface area contributed by atoms with E-state index in [0.717, 1.165) is 16.1 Å². The number of hydrogen-bond donors (Lipinski definition) is 0. The number of nitrogens with zero attached hydrogens (tertiary/aromatic N) is 2. The lowest BCUT2D eigenvalue weighted by molar-refractivity contribution is -0.647. The first-order valence-electron chi connectivity index (χ1n) is 7.37. The highest BCUT2D eigenvalue weighted by Crippen LogP contribution is 2.74. The Hall–Kier alpha value is -1.03. The smallest absolute Gasteiger partial charge is 0.236 e. The maximum atomic E-state index is 16.4. The van der Waals surface area contributed by atoms with Crippen LogP contribution in [-0.4, -0.2) is 14.1 Å². The first-order chi connectivity index (χ1) is 9.41. The SMILES string of the molecule is Cn1c(S(F)(C(C)(C)C)C(C)(C)C)cc2ccc[n+](C)c21. The molecular formula is C17H28FN2S+. The molecule has 0 unspecified atom stereocenters. The molecule has 21 heavy (non-hydrogen) atoms. The molecular weight excluding hydrogens is 283 g/mol. The summed E-state index contributed by atoms with van der Waals surface area (Å²) in [4.78, 5) is 0. The van der Waals surface area contributed by atoms with Crippen molar-refractivity contribution in [2.45, 2.75) is 56.1 Å². The Morgan fingerprint density at radius 1 is 1.10 bits per heavy atom. The number of aromatic nitrogens is 2. The van der Waals surface area contributed by atoms with E-state index >= 15 is 3.89 Å².